The van der Waals surface area contributed by atoms with Gasteiger partial charge in [0.05, 0.1) is 17.3 Å². The lowest BCUT2D eigenvalue weighted by molar-refractivity contribution is -0.117. The van der Waals surface area contributed by atoms with E-state index < -0.39 is 15.1 Å². The molecule has 0 fully saturated rings. The molecule has 7 heteroatoms. The molecule has 0 rings (SSSR count). The molecule has 34 heavy (non-hydrogen) atoms. The lowest BCUT2D eigenvalue weighted by Crippen LogP contribution is -2.26. The van der Waals surface area contributed by atoms with E-state index in [-0.39, 0.29) is 33.6 Å². The van der Waals surface area contributed by atoms with Gasteiger partial charge in [0.15, 0.2) is 17.3 Å². The van der Waals surface area contributed by atoms with Crippen molar-refractivity contribution in [3.8, 4) is 0 Å². The lowest BCUT2D eigenvalue weighted by Gasteiger charge is -2.19. The van der Waals surface area contributed by atoms with Gasteiger partial charge in [-0.2, -0.15) is 0 Å². The van der Waals surface area contributed by atoms with Gasteiger partial charge in [0.25, 0.3) is 0 Å². The molecule has 0 aromatic rings. The summed E-state index contributed by atoms with van der Waals surface area (Å²) >= 11 is -2.90. The third kappa shape index (κ3) is 18.6. The van der Waals surface area contributed by atoms with Gasteiger partial charge >= 0.3 is 15.1 Å². The molecular weight excluding hydrogens is 447 g/mol. The first-order chi connectivity index (χ1) is 15.1. The first-order valence-electron chi connectivity index (χ1n) is 11.8. The molecule has 0 atom stereocenters. The Balaban J connectivity index is 5.60. The van der Waals surface area contributed by atoms with Crippen molar-refractivity contribution in [2.45, 2.75) is 102 Å². The molecule has 0 amide bonds. The quantitative estimate of drug-likeness (QED) is 0.170. The van der Waals surface area contributed by atoms with Crippen LogP contribution in [0, 0.1) is 16.2 Å². The summed E-state index contributed by atoms with van der Waals surface area (Å²) in [4.78, 5) is 37.0. The molecule has 192 valence electrons. The Morgan fingerprint density at radius 2 is 0.735 bits per heavy atom. The van der Waals surface area contributed by atoms with Crippen LogP contribution in [0.5, 0.6) is 0 Å². The van der Waals surface area contributed by atoms with E-state index >= 15 is 0 Å². The van der Waals surface area contributed by atoms with Gasteiger partial charge in [0, 0.05) is 37.5 Å². The molecule has 0 saturated carbocycles. The van der Waals surface area contributed by atoms with Gasteiger partial charge in [0.2, 0.25) is 0 Å². The van der Waals surface area contributed by atoms with Crippen LogP contribution in [0.3, 0.4) is 0 Å². The maximum absolute atomic E-state index is 12.3. The summed E-state index contributed by atoms with van der Waals surface area (Å²) in [6.07, 6.45) is 5.44. The van der Waals surface area contributed by atoms with Crippen molar-refractivity contribution >= 4 is 32.5 Å². The van der Waals surface area contributed by atoms with Crippen LogP contribution in [0.1, 0.15) is 102 Å². The van der Waals surface area contributed by atoms with Gasteiger partial charge in [-0.05, 0) is 37.0 Å². The summed E-state index contributed by atoms with van der Waals surface area (Å²) in [6, 6.07) is 0. The monoisotopic (exact) mass is 492 g/mol. The van der Waals surface area contributed by atoms with Crippen molar-refractivity contribution in [2.24, 2.45) is 16.2 Å². The normalized spacial score (nSPS) is 13.9. The summed E-state index contributed by atoms with van der Waals surface area (Å²) in [5.74, 6) is 0.935. The van der Waals surface area contributed by atoms with E-state index in [1.54, 1.807) is 20.8 Å². The number of ketones is 3. The van der Waals surface area contributed by atoms with Gasteiger partial charge in [-0.3, -0.25) is 14.4 Å². The Morgan fingerprint density at radius 1 is 0.529 bits per heavy atom. The van der Waals surface area contributed by atoms with E-state index in [0.717, 1.165) is 0 Å². The van der Waals surface area contributed by atoms with E-state index in [0.29, 0.717) is 36.5 Å². The highest BCUT2D eigenvalue weighted by Gasteiger charge is 2.44. The van der Waals surface area contributed by atoms with Crippen LogP contribution in [0.15, 0.2) is 35.5 Å². The molecule has 0 aliphatic heterocycles. The van der Waals surface area contributed by atoms with Crippen LogP contribution in [-0.2, 0) is 25.7 Å². The van der Waals surface area contributed by atoms with Gasteiger partial charge in [0.1, 0.15) is 0 Å². The molecular formula is C27H45AlO6. The lowest BCUT2D eigenvalue weighted by atomic mass is 9.90. The van der Waals surface area contributed by atoms with E-state index in [1.165, 1.54) is 18.2 Å². The van der Waals surface area contributed by atoms with Crippen molar-refractivity contribution in [2.75, 3.05) is 0 Å². The highest BCUT2D eigenvalue weighted by molar-refractivity contribution is 6.37. The minimum atomic E-state index is -2.90. The maximum atomic E-state index is 12.3. The minimum absolute atomic E-state index is 0.0574. The predicted octanol–water partition coefficient (Wildman–Crippen LogP) is 6.75. The first kappa shape index (κ1) is 32.2. The van der Waals surface area contributed by atoms with Gasteiger partial charge in [-0.1, -0.05) is 62.3 Å². The Kier molecular flexibility index (Phi) is 12.6. The molecule has 0 aliphatic carbocycles. The van der Waals surface area contributed by atoms with Gasteiger partial charge < -0.3 is 11.4 Å². The SMILES string of the molecule is C/C(=C/C(=O)CC(C)(C)C)[O][Al]([O]/C(C)=C\C(=O)CC(C)(C)C)[O]/C(C)=C/C(=O)CC(C)(C)C. The third-order valence-corrected chi connectivity index (χ3v) is 5.75. The van der Waals surface area contributed by atoms with Gasteiger partial charge in [-0.25, -0.2) is 0 Å². The topological polar surface area (TPSA) is 78.9 Å². The highest BCUT2D eigenvalue weighted by atomic mass is 27.3. The predicted molar refractivity (Wildman–Crippen MR) is 138 cm³/mol. The molecule has 0 aliphatic rings. The van der Waals surface area contributed by atoms with Crippen molar-refractivity contribution in [3.63, 3.8) is 0 Å². The molecule has 0 saturated heterocycles. The number of rotatable bonds is 12. The van der Waals surface area contributed by atoms with Crippen LogP contribution in [0.4, 0.5) is 0 Å². The van der Waals surface area contributed by atoms with Crippen molar-refractivity contribution in [3.05, 3.63) is 35.5 Å². The number of hydrogen-bond donors (Lipinski definition) is 0. The zero-order valence-corrected chi connectivity index (χ0v) is 24.5. The fourth-order valence-corrected chi connectivity index (χ4v) is 4.29. The molecule has 0 heterocycles. The maximum Gasteiger partial charge on any atom is 1.20 e. The molecule has 0 aromatic carbocycles. The Labute approximate surface area is 212 Å². The smallest absolute Gasteiger partial charge is 0.580 e. The van der Waals surface area contributed by atoms with Crippen molar-refractivity contribution in [1.29, 1.82) is 0 Å². The first-order valence-corrected chi connectivity index (χ1v) is 13.2. The van der Waals surface area contributed by atoms with Crippen molar-refractivity contribution < 1.29 is 25.7 Å². The molecule has 6 nitrogen and oxygen atoms in total. The van der Waals surface area contributed by atoms with E-state index in [2.05, 4.69) is 0 Å². The number of carbonyl (C=O) groups excluding carboxylic acids is 3. The molecule has 0 bridgehead atoms. The number of allylic oxidation sites excluding steroid dienone is 6. The second-order valence-electron chi connectivity index (χ2n) is 12.5. The summed E-state index contributed by atoms with van der Waals surface area (Å²) in [7, 11) is 0. The average Bonchev–Trinajstić information content (AvgIpc) is 2.47. The largest absolute Gasteiger partial charge is 1.20 e. The second-order valence-corrected chi connectivity index (χ2v) is 13.8. The minimum Gasteiger partial charge on any atom is -0.580 e. The third-order valence-electron chi connectivity index (χ3n) is 4.05. The molecule has 0 unspecified atom stereocenters. The summed E-state index contributed by atoms with van der Waals surface area (Å²) in [6.45, 7) is 22.9. The van der Waals surface area contributed by atoms with Crippen LogP contribution in [-0.4, -0.2) is 32.5 Å². The molecule has 0 aromatic heterocycles. The van der Waals surface area contributed by atoms with Crippen LogP contribution < -0.4 is 0 Å². The highest BCUT2D eigenvalue weighted by Crippen LogP contribution is 2.22. The van der Waals surface area contributed by atoms with Crippen LogP contribution in [0.2, 0.25) is 0 Å². The fraction of sp³-hybridized carbons (Fsp3) is 0.667. The molecule has 0 N–H and O–H groups in total. The zero-order valence-electron chi connectivity index (χ0n) is 23.4. The van der Waals surface area contributed by atoms with Gasteiger partial charge in [-0.15, -0.1) is 0 Å². The Hall–Kier alpha value is -1.84. The van der Waals surface area contributed by atoms with Crippen LogP contribution >= 0.6 is 0 Å². The molecule has 0 radical (unpaired) electrons. The van der Waals surface area contributed by atoms with Crippen molar-refractivity contribution in [1.82, 2.24) is 0 Å². The van der Waals surface area contributed by atoms with E-state index in [4.69, 9.17) is 11.4 Å². The van der Waals surface area contributed by atoms with Crippen LogP contribution in [0.25, 0.3) is 0 Å². The average molecular weight is 493 g/mol. The fourth-order valence-electron chi connectivity index (χ4n) is 3.03. The molecule has 0 spiro atoms. The van der Waals surface area contributed by atoms with E-state index in [1.807, 2.05) is 62.3 Å². The summed E-state index contributed by atoms with van der Waals surface area (Å²) in [5, 5.41) is 0. The standard InChI is InChI=1S/3C9H16O2.Al/c3*1-7(10)5-8(11)6-9(2,3)4;/h3*5,10H,6H2,1-4H3;/q;;;+3/p-3/b7-5+;2*7-5-;. The van der Waals surface area contributed by atoms with E-state index in [9.17, 15) is 14.4 Å². The number of hydrogen-bond acceptors (Lipinski definition) is 6. The summed E-state index contributed by atoms with van der Waals surface area (Å²) < 4.78 is 17.6. The summed E-state index contributed by atoms with van der Waals surface area (Å²) in [5.41, 5.74) is -0.425. The Morgan fingerprint density at radius 3 is 0.912 bits per heavy atom. The second kappa shape index (κ2) is 13.3. The number of carbonyl (C=O) groups is 3. The zero-order chi connectivity index (χ0) is 26.9. The Bertz CT molecular complexity index is 704.